The molecule has 0 radical (unpaired) electrons. The Balaban J connectivity index is 2.09. The fourth-order valence-corrected chi connectivity index (χ4v) is 1.74. The van der Waals surface area contributed by atoms with Crippen LogP contribution in [0.15, 0.2) is 0 Å². The molecule has 0 unspecified atom stereocenters. The number of rotatable bonds is 4. The van der Waals surface area contributed by atoms with E-state index in [0.29, 0.717) is 12.6 Å². The Bertz CT molecular complexity index is 219. The maximum atomic E-state index is 10.6. The Morgan fingerprint density at radius 1 is 1.58 bits per heavy atom. The van der Waals surface area contributed by atoms with Gasteiger partial charge in [0.1, 0.15) is 0 Å². The Morgan fingerprint density at radius 2 is 2.33 bits per heavy atom. The van der Waals surface area contributed by atoms with Gasteiger partial charge in [0, 0.05) is 6.04 Å². The van der Waals surface area contributed by atoms with Crippen LogP contribution < -0.4 is 5.32 Å². The minimum Gasteiger partial charge on any atom is -0.314 e. The van der Waals surface area contributed by atoms with E-state index in [1.165, 1.54) is 6.42 Å². The molecule has 0 aromatic rings. The van der Waals surface area contributed by atoms with Gasteiger partial charge in [0.05, 0.1) is 12.9 Å². The highest BCUT2D eigenvalue weighted by Gasteiger charge is 2.14. The standard InChI is InChI=1S/C7H15NO3S/c1-12(9,10)11-6-4-7-3-2-5-8-7/h7-8H,2-6H2,1H3/t7-/m1/s1. The van der Waals surface area contributed by atoms with Gasteiger partial charge in [0.25, 0.3) is 10.1 Å². The molecule has 4 nitrogen and oxygen atoms in total. The third kappa shape index (κ3) is 4.04. The predicted molar refractivity (Wildman–Crippen MR) is 46.4 cm³/mol. The fourth-order valence-electron chi connectivity index (χ4n) is 1.34. The van der Waals surface area contributed by atoms with Crippen LogP contribution in [-0.2, 0) is 14.3 Å². The third-order valence-corrected chi connectivity index (χ3v) is 2.52. The summed E-state index contributed by atoms with van der Waals surface area (Å²) in [4.78, 5) is 0. The summed E-state index contributed by atoms with van der Waals surface area (Å²) in [5.41, 5.74) is 0. The Hall–Kier alpha value is -0.130. The zero-order valence-electron chi connectivity index (χ0n) is 7.25. The normalized spacial score (nSPS) is 24.6. The van der Waals surface area contributed by atoms with E-state index in [0.717, 1.165) is 25.6 Å². The van der Waals surface area contributed by atoms with Crippen LogP contribution in [0.1, 0.15) is 19.3 Å². The van der Waals surface area contributed by atoms with Gasteiger partial charge in [-0.1, -0.05) is 0 Å². The van der Waals surface area contributed by atoms with Crippen molar-refractivity contribution in [3.63, 3.8) is 0 Å². The average Bonchev–Trinajstić information content (AvgIpc) is 2.36. The molecule has 0 saturated carbocycles. The topological polar surface area (TPSA) is 55.4 Å². The second-order valence-corrected chi connectivity index (χ2v) is 4.75. The molecule has 0 bridgehead atoms. The molecule has 0 amide bonds. The summed E-state index contributed by atoms with van der Waals surface area (Å²) in [5.74, 6) is 0. The van der Waals surface area contributed by atoms with Gasteiger partial charge in [-0.25, -0.2) is 0 Å². The Morgan fingerprint density at radius 3 is 2.83 bits per heavy atom. The maximum absolute atomic E-state index is 10.6. The van der Waals surface area contributed by atoms with Crippen molar-refractivity contribution in [1.82, 2.24) is 5.32 Å². The molecule has 5 heteroatoms. The Labute approximate surface area is 73.4 Å². The van der Waals surface area contributed by atoms with Crippen LogP contribution in [-0.4, -0.2) is 33.9 Å². The number of hydrogen-bond donors (Lipinski definition) is 1. The van der Waals surface area contributed by atoms with Crippen molar-refractivity contribution in [3.05, 3.63) is 0 Å². The lowest BCUT2D eigenvalue weighted by atomic mass is 10.2. The van der Waals surface area contributed by atoms with Gasteiger partial charge in [0.2, 0.25) is 0 Å². The van der Waals surface area contributed by atoms with E-state index in [9.17, 15) is 8.42 Å². The van der Waals surface area contributed by atoms with E-state index < -0.39 is 10.1 Å². The molecule has 0 spiro atoms. The largest absolute Gasteiger partial charge is 0.314 e. The molecule has 1 aliphatic rings. The van der Waals surface area contributed by atoms with Crippen molar-refractivity contribution >= 4 is 10.1 Å². The summed E-state index contributed by atoms with van der Waals surface area (Å²) in [7, 11) is -3.24. The van der Waals surface area contributed by atoms with E-state index in [2.05, 4.69) is 9.50 Å². The molecular formula is C7H15NO3S. The van der Waals surface area contributed by atoms with Gasteiger partial charge >= 0.3 is 0 Å². The molecule has 1 saturated heterocycles. The molecule has 1 N–H and O–H groups in total. The summed E-state index contributed by atoms with van der Waals surface area (Å²) in [6.45, 7) is 1.35. The summed E-state index contributed by atoms with van der Waals surface area (Å²) >= 11 is 0. The zero-order valence-corrected chi connectivity index (χ0v) is 8.06. The Kier molecular flexibility index (Phi) is 3.49. The first-order valence-corrected chi connectivity index (χ1v) is 5.97. The van der Waals surface area contributed by atoms with Gasteiger partial charge in [0.15, 0.2) is 0 Å². The van der Waals surface area contributed by atoms with Gasteiger partial charge < -0.3 is 5.32 Å². The average molecular weight is 193 g/mol. The van der Waals surface area contributed by atoms with Crippen LogP contribution in [0.5, 0.6) is 0 Å². The zero-order chi connectivity index (χ0) is 9.03. The summed E-state index contributed by atoms with van der Waals surface area (Å²) in [5, 5.41) is 3.27. The quantitative estimate of drug-likeness (QED) is 0.644. The summed E-state index contributed by atoms with van der Waals surface area (Å²) in [6.07, 6.45) is 4.18. The molecule has 1 rings (SSSR count). The molecule has 0 aromatic carbocycles. The lowest BCUT2D eigenvalue weighted by Crippen LogP contribution is -2.23. The van der Waals surface area contributed by atoms with E-state index in [1.807, 2.05) is 0 Å². The highest BCUT2D eigenvalue weighted by molar-refractivity contribution is 7.85. The van der Waals surface area contributed by atoms with Crippen LogP contribution in [0.4, 0.5) is 0 Å². The van der Waals surface area contributed by atoms with Crippen molar-refractivity contribution in [2.24, 2.45) is 0 Å². The molecule has 1 aliphatic heterocycles. The van der Waals surface area contributed by atoms with Crippen molar-refractivity contribution in [2.75, 3.05) is 19.4 Å². The van der Waals surface area contributed by atoms with Gasteiger partial charge in [-0.3, -0.25) is 4.18 Å². The first-order chi connectivity index (χ1) is 5.58. The molecule has 1 heterocycles. The molecule has 1 atom stereocenters. The first kappa shape index (κ1) is 9.95. The third-order valence-electron chi connectivity index (χ3n) is 1.93. The van der Waals surface area contributed by atoms with Crippen LogP contribution >= 0.6 is 0 Å². The van der Waals surface area contributed by atoms with Crippen LogP contribution in [0.3, 0.4) is 0 Å². The lowest BCUT2D eigenvalue weighted by Gasteiger charge is -2.08. The van der Waals surface area contributed by atoms with Gasteiger partial charge in [-0.15, -0.1) is 0 Å². The smallest absolute Gasteiger partial charge is 0.264 e. The van der Waals surface area contributed by atoms with Crippen molar-refractivity contribution in [1.29, 1.82) is 0 Å². The summed E-state index contributed by atoms with van der Waals surface area (Å²) in [6, 6.07) is 0.451. The first-order valence-electron chi connectivity index (χ1n) is 4.16. The van der Waals surface area contributed by atoms with Gasteiger partial charge in [-0.2, -0.15) is 8.42 Å². The minimum absolute atomic E-state index is 0.302. The van der Waals surface area contributed by atoms with E-state index >= 15 is 0 Å². The molecule has 1 fully saturated rings. The molecule has 0 aromatic heterocycles. The lowest BCUT2D eigenvalue weighted by molar-refractivity contribution is 0.298. The van der Waals surface area contributed by atoms with Crippen LogP contribution in [0, 0.1) is 0 Å². The molecule has 72 valence electrons. The second kappa shape index (κ2) is 4.20. The van der Waals surface area contributed by atoms with E-state index in [-0.39, 0.29) is 0 Å². The summed E-state index contributed by atoms with van der Waals surface area (Å²) < 4.78 is 25.7. The monoisotopic (exact) mass is 193 g/mol. The van der Waals surface area contributed by atoms with Gasteiger partial charge in [-0.05, 0) is 25.8 Å². The van der Waals surface area contributed by atoms with E-state index in [4.69, 9.17) is 0 Å². The maximum Gasteiger partial charge on any atom is 0.264 e. The fraction of sp³-hybridized carbons (Fsp3) is 1.00. The highest BCUT2D eigenvalue weighted by atomic mass is 32.2. The second-order valence-electron chi connectivity index (χ2n) is 3.11. The highest BCUT2D eigenvalue weighted by Crippen LogP contribution is 2.08. The van der Waals surface area contributed by atoms with Crippen molar-refractivity contribution < 1.29 is 12.6 Å². The number of hydrogen-bond acceptors (Lipinski definition) is 4. The SMILES string of the molecule is CS(=O)(=O)OCC[C@H]1CCCN1. The predicted octanol–water partition coefficient (Wildman–Crippen LogP) is 0.105. The van der Waals surface area contributed by atoms with Crippen LogP contribution in [0.2, 0.25) is 0 Å². The molecular weight excluding hydrogens is 178 g/mol. The molecule has 0 aliphatic carbocycles. The van der Waals surface area contributed by atoms with Crippen molar-refractivity contribution in [3.8, 4) is 0 Å². The molecule has 12 heavy (non-hydrogen) atoms. The minimum atomic E-state index is -3.24. The van der Waals surface area contributed by atoms with Crippen molar-refractivity contribution in [2.45, 2.75) is 25.3 Å². The van der Waals surface area contributed by atoms with Crippen LogP contribution in [0.25, 0.3) is 0 Å². The number of nitrogens with one attached hydrogen (secondary N) is 1. The van der Waals surface area contributed by atoms with E-state index in [1.54, 1.807) is 0 Å².